The third-order valence-corrected chi connectivity index (χ3v) is 2.65. The van der Waals surface area contributed by atoms with Crippen molar-refractivity contribution in [2.45, 2.75) is 0 Å². The number of nitrogens with zero attached hydrogens (tertiary/aromatic N) is 3. The van der Waals surface area contributed by atoms with Crippen molar-refractivity contribution in [2.75, 3.05) is 7.11 Å². The summed E-state index contributed by atoms with van der Waals surface area (Å²) in [4.78, 5) is 4.17. The van der Waals surface area contributed by atoms with Crippen LogP contribution < -0.4 is 4.74 Å². The van der Waals surface area contributed by atoms with E-state index in [1.807, 2.05) is 42.5 Å². The Balaban J connectivity index is 2.02. The van der Waals surface area contributed by atoms with Crippen molar-refractivity contribution in [1.82, 2.24) is 15.2 Å². The minimum Gasteiger partial charge on any atom is -0.496 e. The van der Waals surface area contributed by atoms with Gasteiger partial charge in [-0.3, -0.25) is 4.98 Å². The first-order valence-corrected chi connectivity index (χ1v) is 5.77. The highest BCUT2D eigenvalue weighted by atomic mass is 16.5. The molecule has 3 rings (SSSR count). The van der Waals surface area contributed by atoms with Gasteiger partial charge in [-0.2, -0.15) is 0 Å². The van der Waals surface area contributed by atoms with E-state index in [4.69, 9.17) is 9.15 Å². The van der Waals surface area contributed by atoms with Gasteiger partial charge in [0.25, 0.3) is 11.8 Å². The molecule has 0 amide bonds. The maximum Gasteiger partial charge on any atom is 0.266 e. The highest BCUT2D eigenvalue weighted by Crippen LogP contribution is 2.29. The number of benzene rings is 1. The number of hydrogen-bond donors (Lipinski definition) is 0. The molecule has 0 bridgehead atoms. The molecule has 0 aliphatic carbocycles. The first-order valence-electron chi connectivity index (χ1n) is 5.77. The van der Waals surface area contributed by atoms with Crippen LogP contribution in [0.5, 0.6) is 5.75 Å². The lowest BCUT2D eigenvalue weighted by Gasteiger charge is -2.03. The van der Waals surface area contributed by atoms with Crippen molar-refractivity contribution in [3.63, 3.8) is 0 Å². The Morgan fingerprint density at radius 2 is 1.74 bits per heavy atom. The fourth-order valence-electron chi connectivity index (χ4n) is 1.75. The summed E-state index contributed by atoms with van der Waals surface area (Å²) >= 11 is 0. The second-order valence-electron chi connectivity index (χ2n) is 3.83. The molecular weight excluding hydrogens is 242 g/mol. The lowest BCUT2D eigenvalue weighted by Crippen LogP contribution is -1.87. The van der Waals surface area contributed by atoms with E-state index in [0.29, 0.717) is 23.2 Å². The molecule has 0 spiro atoms. The summed E-state index contributed by atoms with van der Waals surface area (Å²) in [5.41, 5.74) is 1.41. The predicted molar refractivity (Wildman–Crippen MR) is 69.5 cm³/mol. The van der Waals surface area contributed by atoms with Gasteiger partial charge in [0.2, 0.25) is 0 Å². The third kappa shape index (κ3) is 2.18. The van der Waals surface area contributed by atoms with Crippen molar-refractivity contribution in [3.8, 4) is 28.8 Å². The van der Waals surface area contributed by atoms with Crippen LogP contribution in [0.4, 0.5) is 0 Å². The number of pyridine rings is 1. The van der Waals surface area contributed by atoms with Crippen LogP contribution in [-0.4, -0.2) is 22.3 Å². The molecule has 2 heterocycles. The molecule has 0 fully saturated rings. The lowest BCUT2D eigenvalue weighted by atomic mass is 10.2. The average molecular weight is 253 g/mol. The second-order valence-corrected chi connectivity index (χ2v) is 3.83. The van der Waals surface area contributed by atoms with E-state index >= 15 is 0 Å². The van der Waals surface area contributed by atoms with Gasteiger partial charge < -0.3 is 9.15 Å². The molecule has 2 aromatic heterocycles. The zero-order valence-corrected chi connectivity index (χ0v) is 10.3. The number of hydrogen-bond acceptors (Lipinski definition) is 5. The Labute approximate surface area is 109 Å². The topological polar surface area (TPSA) is 61.0 Å². The number of rotatable bonds is 3. The Morgan fingerprint density at radius 1 is 0.947 bits per heavy atom. The van der Waals surface area contributed by atoms with Gasteiger partial charge in [-0.1, -0.05) is 18.2 Å². The zero-order chi connectivity index (χ0) is 13.1. The van der Waals surface area contributed by atoms with Gasteiger partial charge >= 0.3 is 0 Å². The fraction of sp³-hybridized carbons (Fsp3) is 0.0714. The molecule has 0 radical (unpaired) electrons. The first-order chi connectivity index (χ1) is 9.38. The summed E-state index contributed by atoms with van der Waals surface area (Å²) in [6.45, 7) is 0. The molecule has 3 aromatic rings. The molecule has 19 heavy (non-hydrogen) atoms. The Kier molecular flexibility index (Phi) is 2.94. The summed E-state index contributed by atoms with van der Waals surface area (Å²) < 4.78 is 10.9. The molecule has 0 saturated carbocycles. The molecule has 0 saturated heterocycles. The molecule has 5 heteroatoms. The van der Waals surface area contributed by atoms with Crippen LogP contribution in [-0.2, 0) is 0 Å². The largest absolute Gasteiger partial charge is 0.496 e. The summed E-state index contributed by atoms with van der Waals surface area (Å²) in [6, 6.07) is 13.0. The van der Waals surface area contributed by atoms with E-state index in [2.05, 4.69) is 15.2 Å². The van der Waals surface area contributed by atoms with Crippen molar-refractivity contribution >= 4 is 0 Å². The first kappa shape index (κ1) is 11.4. The SMILES string of the molecule is COc1ccccc1-c1nnc(-c2ccccn2)o1. The van der Waals surface area contributed by atoms with Crippen LogP contribution in [0.25, 0.3) is 23.0 Å². The van der Waals surface area contributed by atoms with Crippen molar-refractivity contribution in [3.05, 3.63) is 48.7 Å². The van der Waals surface area contributed by atoms with E-state index in [0.717, 1.165) is 5.56 Å². The molecule has 5 nitrogen and oxygen atoms in total. The Bertz CT molecular complexity index is 680. The van der Waals surface area contributed by atoms with Crippen LogP contribution in [0.15, 0.2) is 53.1 Å². The quantitative estimate of drug-likeness (QED) is 0.718. The second kappa shape index (κ2) is 4.89. The number of methoxy groups -OCH3 is 1. The summed E-state index contributed by atoms with van der Waals surface area (Å²) in [5, 5.41) is 8.04. The molecule has 94 valence electrons. The minimum atomic E-state index is 0.390. The van der Waals surface area contributed by atoms with Crippen LogP contribution in [0.2, 0.25) is 0 Å². The highest BCUT2D eigenvalue weighted by molar-refractivity contribution is 5.63. The van der Waals surface area contributed by atoms with Gasteiger partial charge in [0.05, 0.1) is 12.7 Å². The summed E-state index contributed by atoms with van der Waals surface area (Å²) in [6.07, 6.45) is 1.68. The maximum atomic E-state index is 5.63. The van der Waals surface area contributed by atoms with Crippen LogP contribution >= 0.6 is 0 Å². The standard InChI is InChI=1S/C14H11N3O2/c1-18-12-8-3-2-6-10(12)13-16-17-14(19-13)11-7-4-5-9-15-11/h2-9H,1H3. The number of aromatic nitrogens is 3. The van der Waals surface area contributed by atoms with Gasteiger partial charge in [0.1, 0.15) is 11.4 Å². The molecule has 0 aliphatic heterocycles. The van der Waals surface area contributed by atoms with Gasteiger partial charge in [0, 0.05) is 6.20 Å². The molecular formula is C14H11N3O2. The van der Waals surface area contributed by atoms with Crippen LogP contribution in [0.3, 0.4) is 0 Å². The van der Waals surface area contributed by atoms with Gasteiger partial charge in [-0.15, -0.1) is 10.2 Å². The highest BCUT2D eigenvalue weighted by Gasteiger charge is 2.14. The minimum absolute atomic E-state index is 0.390. The molecule has 0 atom stereocenters. The van der Waals surface area contributed by atoms with Crippen molar-refractivity contribution < 1.29 is 9.15 Å². The molecule has 0 N–H and O–H groups in total. The zero-order valence-electron chi connectivity index (χ0n) is 10.3. The predicted octanol–water partition coefficient (Wildman–Crippen LogP) is 2.81. The lowest BCUT2D eigenvalue weighted by molar-refractivity contribution is 0.414. The maximum absolute atomic E-state index is 5.63. The normalized spacial score (nSPS) is 10.4. The number of para-hydroxylation sites is 1. The Morgan fingerprint density at radius 3 is 2.53 bits per heavy atom. The van der Waals surface area contributed by atoms with Gasteiger partial charge in [-0.05, 0) is 24.3 Å². The van der Waals surface area contributed by atoms with Gasteiger partial charge in [0.15, 0.2) is 0 Å². The fourth-order valence-corrected chi connectivity index (χ4v) is 1.75. The summed E-state index contributed by atoms with van der Waals surface area (Å²) in [5.74, 6) is 1.50. The van der Waals surface area contributed by atoms with E-state index in [-0.39, 0.29) is 0 Å². The van der Waals surface area contributed by atoms with E-state index in [1.54, 1.807) is 13.3 Å². The smallest absolute Gasteiger partial charge is 0.266 e. The van der Waals surface area contributed by atoms with Crippen LogP contribution in [0.1, 0.15) is 0 Å². The van der Waals surface area contributed by atoms with E-state index in [1.165, 1.54) is 0 Å². The van der Waals surface area contributed by atoms with Crippen molar-refractivity contribution in [2.24, 2.45) is 0 Å². The monoisotopic (exact) mass is 253 g/mol. The Hall–Kier alpha value is -2.69. The van der Waals surface area contributed by atoms with Crippen molar-refractivity contribution in [1.29, 1.82) is 0 Å². The van der Waals surface area contributed by atoms with Crippen LogP contribution in [0, 0.1) is 0 Å². The number of ether oxygens (including phenoxy) is 1. The molecule has 0 unspecified atom stereocenters. The molecule has 0 aliphatic rings. The van der Waals surface area contributed by atoms with E-state index in [9.17, 15) is 0 Å². The van der Waals surface area contributed by atoms with Gasteiger partial charge in [-0.25, -0.2) is 0 Å². The third-order valence-electron chi connectivity index (χ3n) is 2.65. The molecule has 1 aromatic carbocycles. The van der Waals surface area contributed by atoms with E-state index < -0.39 is 0 Å². The average Bonchev–Trinajstić information content (AvgIpc) is 2.98. The summed E-state index contributed by atoms with van der Waals surface area (Å²) in [7, 11) is 1.61.